The summed E-state index contributed by atoms with van der Waals surface area (Å²) in [5.41, 5.74) is 0. The standard InChI is InChI=1S/C8H18O3/c1-7(2)11-5-4-10-6-8(3)9/h7-9H,4-6H2,1-3H3. The van der Waals surface area contributed by atoms with Crippen molar-refractivity contribution in [2.24, 2.45) is 0 Å². The van der Waals surface area contributed by atoms with Gasteiger partial charge >= 0.3 is 0 Å². The molecule has 0 amide bonds. The Morgan fingerprint density at radius 3 is 2.27 bits per heavy atom. The van der Waals surface area contributed by atoms with Crippen molar-refractivity contribution in [1.82, 2.24) is 0 Å². The van der Waals surface area contributed by atoms with Crippen molar-refractivity contribution in [3.05, 3.63) is 0 Å². The van der Waals surface area contributed by atoms with E-state index in [1.54, 1.807) is 6.92 Å². The molecule has 3 nitrogen and oxygen atoms in total. The Labute approximate surface area is 68.3 Å². The van der Waals surface area contributed by atoms with Crippen LogP contribution in [0.5, 0.6) is 0 Å². The fraction of sp³-hybridized carbons (Fsp3) is 1.00. The summed E-state index contributed by atoms with van der Waals surface area (Å²) in [5.74, 6) is 0. The van der Waals surface area contributed by atoms with Crippen molar-refractivity contribution < 1.29 is 14.6 Å². The molecule has 3 heteroatoms. The number of rotatable bonds is 6. The lowest BCUT2D eigenvalue weighted by Gasteiger charge is -2.08. The number of aliphatic hydroxyl groups excluding tert-OH is 1. The van der Waals surface area contributed by atoms with E-state index in [0.29, 0.717) is 19.8 Å². The maximum absolute atomic E-state index is 8.80. The van der Waals surface area contributed by atoms with Gasteiger partial charge in [0, 0.05) is 0 Å². The quantitative estimate of drug-likeness (QED) is 0.587. The topological polar surface area (TPSA) is 38.7 Å². The minimum absolute atomic E-state index is 0.255. The van der Waals surface area contributed by atoms with Crippen LogP contribution in [0.15, 0.2) is 0 Å². The molecule has 0 aliphatic rings. The van der Waals surface area contributed by atoms with Gasteiger partial charge in [-0.1, -0.05) is 0 Å². The van der Waals surface area contributed by atoms with Crippen LogP contribution in [0.4, 0.5) is 0 Å². The van der Waals surface area contributed by atoms with Crippen molar-refractivity contribution >= 4 is 0 Å². The van der Waals surface area contributed by atoms with Gasteiger partial charge in [0.05, 0.1) is 32.0 Å². The van der Waals surface area contributed by atoms with Crippen molar-refractivity contribution in [2.75, 3.05) is 19.8 Å². The lowest BCUT2D eigenvalue weighted by atomic mass is 10.4. The van der Waals surface area contributed by atoms with Crippen LogP contribution in [-0.4, -0.2) is 37.1 Å². The molecule has 0 rings (SSSR count). The first kappa shape index (κ1) is 10.9. The molecular formula is C8H18O3. The summed E-state index contributed by atoms with van der Waals surface area (Å²) in [6, 6.07) is 0. The van der Waals surface area contributed by atoms with Crippen molar-refractivity contribution in [2.45, 2.75) is 33.0 Å². The van der Waals surface area contributed by atoms with E-state index in [1.165, 1.54) is 0 Å². The van der Waals surface area contributed by atoms with Crippen LogP contribution in [0.1, 0.15) is 20.8 Å². The Bertz CT molecular complexity index is 71.4. The van der Waals surface area contributed by atoms with Gasteiger partial charge in [0.2, 0.25) is 0 Å². The highest BCUT2D eigenvalue weighted by atomic mass is 16.5. The summed E-state index contributed by atoms with van der Waals surface area (Å²) in [4.78, 5) is 0. The average Bonchev–Trinajstić information content (AvgIpc) is 1.85. The summed E-state index contributed by atoms with van der Waals surface area (Å²) in [5, 5.41) is 8.80. The molecule has 0 bridgehead atoms. The number of hydrogen-bond acceptors (Lipinski definition) is 3. The van der Waals surface area contributed by atoms with E-state index < -0.39 is 0 Å². The second kappa shape index (κ2) is 6.58. The molecule has 1 atom stereocenters. The van der Waals surface area contributed by atoms with E-state index >= 15 is 0 Å². The molecular weight excluding hydrogens is 144 g/mol. The molecule has 68 valence electrons. The van der Waals surface area contributed by atoms with Gasteiger partial charge in [0.15, 0.2) is 0 Å². The van der Waals surface area contributed by atoms with Crippen LogP contribution < -0.4 is 0 Å². The van der Waals surface area contributed by atoms with Crippen LogP contribution >= 0.6 is 0 Å². The molecule has 0 heterocycles. The Hall–Kier alpha value is -0.120. The van der Waals surface area contributed by atoms with Crippen LogP contribution in [0, 0.1) is 0 Å². The van der Waals surface area contributed by atoms with Gasteiger partial charge in [-0.3, -0.25) is 0 Å². The van der Waals surface area contributed by atoms with Gasteiger partial charge in [0.25, 0.3) is 0 Å². The molecule has 1 N–H and O–H groups in total. The van der Waals surface area contributed by atoms with Crippen LogP contribution in [0.3, 0.4) is 0 Å². The Morgan fingerprint density at radius 2 is 1.82 bits per heavy atom. The molecule has 0 radical (unpaired) electrons. The van der Waals surface area contributed by atoms with Crippen molar-refractivity contribution in [1.29, 1.82) is 0 Å². The van der Waals surface area contributed by atoms with Crippen LogP contribution in [-0.2, 0) is 9.47 Å². The minimum Gasteiger partial charge on any atom is -0.391 e. The lowest BCUT2D eigenvalue weighted by Crippen LogP contribution is -2.15. The smallest absolute Gasteiger partial charge is 0.0745 e. The normalized spacial score (nSPS) is 13.9. The molecule has 11 heavy (non-hydrogen) atoms. The number of aliphatic hydroxyl groups is 1. The molecule has 0 saturated carbocycles. The molecule has 0 aliphatic carbocycles. The molecule has 1 unspecified atom stereocenters. The zero-order chi connectivity index (χ0) is 8.69. The second-order valence-corrected chi connectivity index (χ2v) is 2.84. The van der Waals surface area contributed by atoms with Crippen LogP contribution in [0.2, 0.25) is 0 Å². The SMILES string of the molecule is CC(O)COCCOC(C)C. The number of ether oxygens (including phenoxy) is 2. The first-order valence-electron chi connectivity index (χ1n) is 4.00. The molecule has 0 aromatic heterocycles. The zero-order valence-electron chi connectivity index (χ0n) is 7.54. The Kier molecular flexibility index (Phi) is 6.51. The fourth-order valence-electron chi connectivity index (χ4n) is 0.597. The third-order valence-corrected chi connectivity index (χ3v) is 1.04. The first-order valence-corrected chi connectivity index (χ1v) is 4.00. The maximum atomic E-state index is 8.80. The fourth-order valence-corrected chi connectivity index (χ4v) is 0.597. The summed E-state index contributed by atoms with van der Waals surface area (Å²) in [6.45, 7) is 7.21. The second-order valence-electron chi connectivity index (χ2n) is 2.84. The summed E-state index contributed by atoms with van der Waals surface area (Å²) >= 11 is 0. The summed E-state index contributed by atoms with van der Waals surface area (Å²) in [6.07, 6.45) is -0.126. The van der Waals surface area contributed by atoms with E-state index in [1.807, 2.05) is 13.8 Å². The zero-order valence-corrected chi connectivity index (χ0v) is 7.54. The first-order chi connectivity index (χ1) is 5.13. The van der Waals surface area contributed by atoms with E-state index in [9.17, 15) is 0 Å². The maximum Gasteiger partial charge on any atom is 0.0745 e. The third kappa shape index (κ3) is 9.88. The minimum atomic E-state index is -0.381. The van der Waals surface area contributed by atoms with E-state index in [4.69, 9.17) is 14.6 Å². The van der Waals surface area contributed by atoms with Crippen molar-refractivity contribution in [3.8, 4) is 0 Å². The highest BCUT2D eigenvalue weighted by Crippen LogP contribution is 1.88. The van der Waals surface area contributed by atoms with E-state index in [-0.39, 0.29) is 12.2 Å². The summed E-state index contributed by atoms with van der Waals surface area (Å²) < 4.78 is 10.3. The predicted octanol–water partition coefficient (Wildman–Crippen LogP) is 0.809. The molecule has 0 fully saturated rings. The third-order valence-electron chi connectivity index (χ3n) is 1.04. The Morgan fingerprint density at radius 1 is 1.18 bits per heavy atom. The average molecular weight is 162 g/mol. The van der Waals surface area contributed by atoms with Gasteiger partial charge in [-0.15, -0.1) is 0 Å². The molecule has 0 aromatic rings. The summed E-state index contributed by atoms with van der Waals surface area (Å²) in [7, 11) is 0. The van der Waals surface area contributed by atoms with Crippen molar-refractivity contribution in [3.63, 3.8) is 0 Å². The molecule has 0 saturated heterocycles. The van der Waals surface area contributed by atoms with E-state index in [2.05, 4.69) is 0 Å². The van der Waals surface area contributed by atoms with Gasteiger partial charge in [0.1, 0.15) is 0 Å². The van der Waals surface area contributed by atoms with E-state index in [0.717, 1.165) is 0 Å². The molecule has 0 aliphatic heterocycles. The predicted molar refractivity (Wildman–Crippen MR) is 43.6 cm³/mol. The lowest BCUT2D eigenvalue weighted by molar-refractivity contribution is -0.00615. The van der Waals surface area contributed by atoms with Gasteiger partial charge < -0.3 is 14.6 Å². The molecule has 0 spiro atoms. The van der Waals surface area contributed by atoms with Gasteiger partial charge in [-0.05, 0) is 20.8 Å². The van der Waals surface area contributed by atoms with Gasteiger partial charge in [-0.25, -0.2) is 0 Å². The van der Waals surface area contributed by atoms with Gasteiger partial charge in [-0.2, -0.15) is 0 Å². The number of hydrogen-bond donors (Lipinski definition) is 1. The highest BCUT2D eigenvalue weighted by Gasteiger charge is 1.95. The monoisotopic (exact) mass is 162 g/mol. The highest BCUT2D eigenvalue weighted by molar-refractivity contribution is 4.42. The molecule has 0 aromatic carbocycles. The van der Waals surface area contributed by atoms with Crippen LogP contribution in [0.25, 0.3) is 0 Å². The largest absolute Gasteiger partial charge is 0.391 e. The Balaban J connectivity index is 2.91.